The van der Waals surface area contributed by atoms with Gasteiger partial charge in [-0.2, -0.15) is 0 Å². The highest BCUT2D eigenvalue weighted by Crippen LogP contribution is 2.38. The van der Waals surface area contributed by atoms with Crippen LogP contribution in [0.2, 0.25) is 0 Å². The summed E-state index contributed by atoms with van der Waals surface area (Å²) in [4.78, 5) is 53.9. The number of hydrogen-bond donors (Lipinski definition) is 4. The van der Waals surface area contributed by atoms with E-state index in [1.54, 1.807) is 0 Å². The summed E-state index contributed by atoms with van der Waals surface area (Å²) >= 11 is 0. The van der Waals surface area contributed by atoms with Gasteiger partial charge in [0.15, 0.2) is 6.61 Å². The van der Waals surface area contributed by atoms with Crippen molar-refractivity contribution < 1.29 is 38.3 Å². The molecule has 1 saturated heterocycles. The maximum absolute atomic E-state index is 12.0. The lowest BCUT2D eigenvalue weighted by Gasteiger charge is -2.16. The van der Waals surface area contributed by atoms with Crippen LogP contribution in [0.1, 0.15) is 25.1 Å². The summed E-state index contributed by atoms with van der Waals surface area (Å²) in [6.07, 6.45) is -2.21. The van der Waals surface area contributed by atoms with E-state index in [1.807, 2.05) is 4.98 Å². The lowest BCUT2D eigenvalue weighted by molar-refractivity contribution is -0.139. The number of aromatic amines is 1. The number of nitrogens with one attached hydrogen (secondary N) is 1. The molecule has 4 N–H and O–H groups in total. The van der Waals surface area contributed by atoms with Crippen LogP contribution in [0.25, 0.3) is 0 Å². The fourth-order valence-electron chi connectivity index (χ4n) is 2.26. The highest BCUT2D eigenvalue weighted by molar-refractivity contribution is 7.46. The van der Waals surface area contributed by atoms with Crippen LogP contribution in [0, 0.1) is 11.8 Å². The SMILES string of the molecule is CC(=O)OCC#Cc1cn([C@H]2C[C@H](O)[C@@H](COP(=O)(O)O)O2)c(=O)[nH]c1=O. The van der Waals surface area contributed by atoms with Crippen molar-refractivity contribution in [2.24, 2.45) is 0 Å². The summed E-state index contributed by atoms with van der Waals surface area (Å²) in [5.41, 5.74) is -1.68. The van der Waals surface area contributed by atoms with Gasteiger partial charge in [0, 0.05) is 19.5 Å². The Labute approximate surface area is 151 Å². The number of nitrogens with zero attached hydrogens (tertiary/aromatic N) is 1. The average Bonchev–Trinajstić information content (AvgIpc) is 2.91. The molecule has 1 aromatic rings. The minimum absolute atomic E-state index is 0.0819. The average molecular weight is 404 g/mol. The second kappa shape index (κ2) is 8.62. The topological polar surface area (TPSA) is 177 Å². The zero-order chi connectivity index (χ0) is 20.2. The number of aliphatic hydroxyl groups excluding tert-OH is 1. The molecule has 0 unspecified atom stereocenters. The van der Waals surface area contributed by atoms with Crippen molar-refractivity contribution in [3.63, 3.8) is 0 Å². The van der Waals surface area contributed by atoms with Crippen molar-refractivity contribution in [2.45, 2.75) is 31.8 Å². The fourth-order valence-corrected chi connectivity index (χ4v) is 2.60. The van der Waals surface area contributed by atoms with Gasteiger partial charge in [-0.25, -0.2) is 9.36 Å². The van der Waals surface area contributed by atoms with Crippen LogP contribution >= 0.6 is 7.82 Å². The number of hydrogen-bond acceptors (Lipinski definition) is 8. The number of aliphatic hydroxyl groups is 1. The second-order valence-corrected chi connectivity index (χ2v) is 6.75. The number of esters is 1. The van der Waals surface area contributed by atoms with Crippen LogP contribution in [0.3, 0.4) is 0 Å². The molecular formula is C14H17N2O10P. The smallest absolute Gasteiger partial charge is 0.453 e. The number of H-pyrrole nitrogens is 1. The van der Waals surface area contributed by atoms with E-state index in [0.29, 0.717) is 0 Å². The van der Waals surface area contributed by atoms with Gasteiger partial charge in [-0.1, -0.05) is 11.8 Å². The van der Waals surface area contributed by atoms with Crippen LogP contribution in [-0.2, 0) is 23.4 Å². The predicted molar refractivity (Wildman–Crippen MR) is 87.4 cm³/mol. The molecule has 148 valence electrons. The summed E-state index contributed by atoms with van der Waals surface area (Å²) in [6, 6.07) is 0. The third kappa shape index (κ3) is 6.14. The Hall–Kier alpha value is -2.26. The predicted octanol–water partition coefficient (Wildman–Crippen LogP) is -1.79. The molecule has 0 spiro atoms. The quantitative estimate of drug-likeness (QED) is 0.249. The van der Waals surface area contributed by atoms with Crippen molar-refractivity contribution in [3.05, 3.63) is 32.6 Å². The largest absolute Gasteiger partial charge is 0.469 e. The first-order valence-corrected chi connectivity index (χ1v) is 9.11. The number of rotatable bonds is 5. The molecule has 0 aliphatic carbocycles. The Balaban J connectivity index is 2.17. The molecule has 0 aromatic carbocycles. The summed E-state index contributed by atoms with van der Waals surface area (Å²) in [5.74, 6) is 4.35. The van der Waals surface area contributed by atoms with Crippen LogP contribution in [-0.4, -0.2) is 55.8 Å². The molecular weight excluding hydrogens is 387 g/mol. The minimum atomic E-state index is -4.74. The van der Waals surface area contributed by atoms with Crippen LogP contribution in [0.15, 0.2) is 15.8 Å². The summed E-state index contributed by atoms with van der Waals surface area (Å²) in [5, 5.41) is 9.94. The van der Waals surface area contributed by atoms with Crippen LogP contribution < -0.4 is 11.2 Å². The molecule has 0 bridgehead atoms. The fraction of sp³-hybridized carbons (Fsp3) is 0.500. The molecule has 2 rings (SSSR count). The van der Waals surface area contributed by atoms with Gasteiger partial charge < -0.3 is 24.4 Å². The maximum atomic E-state index is 12.0. The zero-order valence-corrected chi connectivity index (χ0v) is 14.9. The maximum Gasteiger partial charge on any atom is 0.469 e. The van der Waals surface area contributed by atoms with E-state index >= 15 is 0 Å². The van der Waals surface area contributed by atoms with E-state index in [-0.39, 0.29) is 18.6 Å². The summed E-state index contributed by atoms with van der Waals surface area (Å²) in [7, 11) is -4.74. The molecule has 0 saturated carbocycles. The third-order valence-electron chi connectivity index (χ3n) is 3.46. The Morgan fingerprint density at radius 2 is 2.19 bits per heavy atom. The van der Waals surface area contributed by atoms with E-state index in [1.165, 1.54) is 6.92 Å². The van der Waals surface area contributed by atoms with E-state index in [0.717, 1.165) is 10.8 Å². The van der Waals surface area contributed by atoms with Gasteiger partial charge >= 0.3 is 19.5 Å². The van der Waals surface area contributed by atoms with Crippen molar-refractivity contribution in [1.29, 1.82) is 0 Å². The second-order valence-electron chi connectivity index (χ2n) is 5.51. The van der Waals surface area contributed by atoms with Gasteiger partial charge in [-0.15, -0.1) is 0 Å². The molecule has 0 radical (unpaired) electrons. The van der Waals surface area contributed by atoms with Crippen molar-refractivity contribution in [3.8, 4) is 11.8 Å². The lowest BCUT2D eigenvalue weighted by Crippen LogP contribution is -2.33. The van der Waals surface area contributed by atoms with Crippen molar-refractivity contribution in [1.82, 2.24) is 9.55 Å². The van der Waals surface area contributed by atoms with Gasteiger partial charge in [0.2, 0.25) is 0 Å². The Morgan fingerprint density at radius 3 is 2.81 bits per heavy atom. The molecule has 1 fully saturated rings. The van der Waals surface area contributed by atoms with E-state index in [2.05, 4.69) is 21.1 Å². The van der Waals surface area contributed by atoms with E-state index < -0.39 is 50.1 Å². The molecule has 12 nitrogen and oxygen atoms in total. The van der Waals surface area contributed by atoms with Gasteiger partial charge in [0.05, 0.1) is 12.7 Å². The summed E-state index contributed by atoms with van der Waals surface area (Å²) < 4.78 is 26.0. The monoisotopic (exact) mass is 404 g/mol. The Morgan fingerprint density at radius 1 is 1.48 bits per heavy atom. The molecule has 1 aromatic heterocycles. The number of aromatic nitrogens is 2. The Bertz CT molecular complexity index is 920. The standard InChI is InChI=1S/C14H17N2O10P/c1-8(17)24-4-2-3-9-6-16(14(20)15-13(9)19)12-5-10(18)11(26-12)7-25-27(21,22)23/h6,10-12,18H,4-5,7H2,1H3,(H,15,19,20)(H2,21,22,23)/t10-,11+,12+/m0/s1. The first-order chi connectivity index (χ1) is 12.6. The first-order valence-electron chi connectivity index (χ1n) is 7.58. The van der Waals surface area contributed by atoms with E-state index in [9.17, 15) is 24.1 Å². The molecule has 27 heavy (non-hydrogen) atoms. The van der Waals surface area contributed by atoms with Crippen molar-refractivity contribution in [2.75, 3.05) is 13.2 Å². The molecule has 0 amide bonds. The number of carbonyl (C=O) groups is 1. The van der Waals surface area contributed by atoms with Gasteiger partial charge in [0.1, 0.15) is 17.9 Å². The Kier molecular flexibility index (Phi) is 6.72. The van der Waals surface area contributed by atoms with Crippen molar-refractivity contribution >= 4 is 13.8 Å². The normalized spacial score (nSPS) is 22.1. The minimum Gasteiger partial charge on any atom is -0.453 e. The number of phosphoric acid groups is 1. The highest BCUT2D eigenvalue weighted by Gasteiger charge is 2.37. The molecule has 1 aliphatic rings. The number of carbonyl (C=O) groups excluding carboxylic acids is 1. The molecule has 13 heteroatoms. The van der Waals surface area contributed by atoms with Gasteiger partial charge in [-0.05, 0) is 0 Å². The molecule has 3 atom stereocenters. The summed E-state index contributed by atoms with van der Waals surface area (Å²) in [6.45, 7) is 0.368. The number of ether oxygens (including phenoxy) is 2. The third-order valence-corrected chi connectivity index (χ3v) is 3.95. The van der Waals surface area contributed by atoms with Crippen LogP contribution in [0.5, 0.6) is 0 Å². The van der Waals surface area contributed by atoms with E-state index in [4.69, 9.17) is 14.5 Å². The highest BCUT2D eigenvalue weighted by atomic mass is 31.2. The molecule has 2 heterocycles. The van der Waals surface area contributed by atoms with Gasteiger partial charge in [-0.3, -0.25) is 23.7 Å². The van der Waals surface area contributed by atoms with Crippen LogP contribution in [0.4, 0.5) is 0 Å². The lowest BCUT2D eigenvalue weighted by atomic mass is 10.2. The first kappa shape index (κ1) is 21.0. The van der Waals surface area contributed by atoms with Gasteiger partial charge in [0.25, 0.3) is 5.56 Å². The molecule has 1 aliphatic heterocycles. The zero-order valence-electron chi connectivity index (χ0n) is 14.0. The number of phosphoric ester groups is 1.